The van der Waals surface area contributed by atoms with Crippen LogP contribution >= 0.6 is 0 Å². The standard InChI is InChI=1S/C36H72N2O2/c1-3-5-7-9-11-13-15-17-19-21-23-25-27-31-35(39)38(34-30-29-33-37)36(40)32-28-26-24-22-20-18-16-14-12-10-8-6-4-2/h3-34,37H2,1-2H3. The second-order valence-electron chi connectivity index (χ2n) is 12.4. The molecule has 40 heavy (non-hydrogen) atoms. The van der Waals surface area contributed by atoms with Crippen LogP contribution in [0.4, 0.5) is 0 Å². The van der Waals surface area contributed by atoms with Crippen molar-refractivity contribution in [3.05, 3.63) is 0 Å². The zero-order valence-corrected chi connectivity index (χ0v) is 27.5. The first-order valence-electron chi connectivity index (χ1n) is 18.2. The molecule has 0 radical (unpaired) electrons. The van der Waals surface area contributed by atoms with Crippen molar-refractivity contribution in [1.82, 2.24) is 4.90 Å². The highest BCUT2D eigenvalue weighted by Crippen LogP contribution is 2.16. The summed E-state index contributed by atoms with van der Waals surface area (Å²) in [6.45, 7) is 5.71. The maximum atomic E-state index is 12.9. The zero-order valence-electron chi connectivity index (χ0n) is 27.5. The first-order chi connectivity index (χ1) is 19.7. The van der Waals surface area contributed by atoms with Gasteiger partial charge in [-0.15, -0.1) is 0 Å². The second-order valence-corrected chi connectivity index (χ2v) is 12.4. The number of carbonyl (C=O) groups excluding carboxylic acids is 2. The topological polar surface area (TPSA) is 63.4 Å². The lowest BCUT2D eigenvalue weighted by atomic mass is 10.0. The fraction of sp³-hybridized carbons (Fsp3) is 0.944. The van der Waals surface area contributed by atoms with Gasteiger partial charge in [0, 0.05) is 19.4 Å². The maximum Gasteiger partial charge on any atom is 0.229 e. The molecule has 4 heteroatoms. The predicted molar refractivity (Wildman–Crippen MR) is 176 cm³/mol. The van der Waals surface area contributed by atoms with Crippen molar-refractivity contribution in [3.63, 3.8) is 0 Å². The van der Waals surface area contributed by atoms with E-state index in [1.165, 1.54) is 141 Å². The van der Waals surface area contributed by atoms with Gasteiger partial charge in [0.05, 0.1) is 0 Å². The van der Waals surface area contributed by atoms with Crippen LogP contribution in [0.1, 0.15) is 206 Å². The van der Waals surface area contributed by atoms with Crippen LogP contribution in [-0.2, 0) is 9.59 Å². The van der Waals surface area contributed by atoms with Crippen molar-refractivity contribution >= 4 is 11.8 Å². The highest BCUT2D eigenvalue weighted by Gasteiger charge is 2.20. The van der Waals surface area contributed by atoms with Gasteiger partial charge >= 0.3 is 0 Å². The number of imide groups is 1. The molecule has 0 spiro atoms. The van der Waals surface area contributed by atoms with Crippen LogP contribution < -0.4 is 5.73 Å². The van der Waals surface area contributed by atoms with E-state index >= 15 is 0 Å². The molecule has 4 nitrogen and oxygen atoms in total. The van der Waals surface area contributed by atoms with Crippen molar-refractivity contribution in [3.8, 4) is 0 Å². The van der Waals surface area contributed by atoms with E-state index in [9.17, 15) is 9.59 Å². The molecule has 0 aromatic rings. The van der Waals surface area contributed by atoms with Crippen LogP contribution in [0.15, 0.2) is 0 Å². The van der Waals surface area contributed by atoms with Gasteiger partial charge in [-0.3, -0.25) is 14.5 Å². The Kier molecular flexibility index (Phi) is 31.9. The van der Waals surface area contributed by atoms with Gasteiger partial charge in [0.2, 0.25) is 11.8 Å². The Hall–Kier alpha value is -0.900. The number of nitrogens with two attached hydrogens (primary N) is 1. The number of amides is 2. The average molecular weight is 565 g/mol. The third-order valence-electron chi connectivity index (χ3n) is 8.43. The van der Waals surface area contributed by atoms with E-state index in [4.69, 9.17) is 5.73 Å². The van der Waals surface area contributed by atoms with Gasteiger partial charge in [0.25, 0.3) is 0 Å². The smallest absolute Gasteiger partial charge is 0.229 e. The number of carbonyl (C=O) groups is 2. The van der Waals surface area contributed by atoms with Crippen molar-refractivity contribution in [1.29, 1.82) is 0 Å². The molecule has 0 aliphatic rings. The van der Waals surface area contributed by atoms with Crippen LogP contribution in [0.3, 0.4) is 0 Å². The van der Waals surface area contributed by atoms with Crippen LogP contribution in [0, 0.1) is 0 Å². The van der Waals surface area contributed by atoms with Gasteiger partial charge in [0.1, 0.15) is 0 Å². The molecule has 0 heterocycles. The van der Waals surface area contributed by atoms with Crippen molar-refractivity contribution in [2.45, 2.75) is 206 Å². The Bertz CT molecular complexity index is 495. The Morgan fingerprint density at radius 1 is 0.400 bits per heavy atom. The predicted octanol–water partition coefficient (Wildman–Crippen LogP) is 11.0. The Balaban J connectivity index is 3.88. The van der Waals surface area contributed by atoms with E-state index < -0.39 is 0 Å². The zero-order chi connectivity index (χ0) is 29.4. The first kappa shape index (κ1) is 39.1. The molecule has 0 fully saturated rings. The first-order valence-corrected chi connectivity index (χ1v) is 18.2. The average Bonchev–Trinajstić information content (AvgIpc) is 2.95. The van der Waals surface area contributed by atoms with Crippen LogP contribution in [0.25, 0.3) is 0 Å². The van der Waals surface area contributed by atoms with Crippen LogP contribution in [-0.4, -0.2) is 29.8 Å². The molecule has 0 saturated carbocycles. The highest BCUT2D eigenvalue weighted by molar-refractivity contribution is 5.95. The fourth-order valence-corrected chi connectivity index (χ4v) is 5.66. The molecule has 0 rings (SSSR count). The molecule has 0 aromatic carbocycles. The molecule has 2 amide bonds. The summed E-state index contributed by atoms with van der Waals surface area (Å²) < 4.78 is 0. The van der Waals surface area contributed by atoms with Crippen molar-refractivity contribution < 1.29 is 9.59 Å². The number of hydrogen-bond donors (Lipinski definition) is 1. The molecule has 0 aliphatic carbocycles. The van der Waals surface area contributed by atoms with Gasteiger partial charge in [0.15, 0.2) is 0 Å². The van der Waals surface area contributed by atoms with E-state index in [2.05, 4.69) is 13.8 Å². The fourth-order valence-electron chi connectivity index (χ4n) is 5.66. The molecule has 0 saturated heterocycles. The number of unbranched alkanes of at least 4 members (excludes halogenated alkanes) is 25. The maximum absolute atomic E-state index is 12.9. The number of hydrogen-bond acceptors (Lipinski definition) is 3. The minimum atomic E-state index is 0.0415. The monoisotopic (exact) mass is 565 g/mol. The molecular formula is C36H72N2O2. The number of nitrogens with zero attached hydrogens (tertiary/aromatic N) is 1. The van der Waals surface area contributed by atoms with Crippen molar-refractivity contribution in [2.75, 3.05) is 13.1 Å². The minimum Gasteiger partial charge on any atom is -0.330 e. The van der Waals surface area contributed by atoms with Gasteiger partial charge in [-0.2, -0.15) is 0 Å². The minimum absolute atomic E-state index is 0.0415. The van der Waals surface area contributed by atoms with E-state index in [0.29, 0.717) is 25.9 Å². The third-order valence-corrected chi connectivity index (χ3v) is 8.43. The summed E-state index contributed by atoms with van der Waals surface area (Å²) >= 11 is 0. The number of rotatable bonds is 32. The lowest BCUT2D eigenvalue weighted by Crippen LogP contribution is -2.37. The summed E-state index contributed by atoms with van der Waals surface area (Å²) in [7, 11) is 0. The summed E-state index contributed by atoms with van der Waals surface area (Å²) in [4.78, 5) is 27.3. The molecule has 0 aliphatic heterocycles. The molecule has 0 unspecified atom stereocenters. The molecule has 2 N–H and O–H groups in total. The highest BCUT2D eigenvalue weighted by atomic mass is 16.2. The summed E-state index contributed by atoms with van der Waals surface area (Å²) in [5.41, 5.74) is 5.66. The lowest BCUT2D eigenvalue weighted by molar-refractivity contribution is -0.145. The van der Waals surface area contributed by atoms with Crippen molar-refractivity contribution in [2.24, 2.45) is 5.73 Å². The molecule has 238 valence electrons. The quantitative estimate of drug-likeness (QED) is 0.0826. The lowest BCUT2D eigenvalue weighted by Gasteiger charge is -2.21. The largest absolute Gasteiger partial charge is 0.330 e. The van der Waals surface area contributed by atoms with Gasteiger partial charge < -0.3 is 5.73 Å². The summed E-state index contributed by atoms with van der Waals surface area (Å²) in [5, 5.41) is 0. The summed E-state index contributed by atoms with van der Waals surface area (Å²) in [6, 6.07) is 0. The molecular weight excluding hydrogens is 492 g/mol. The van der Waals surface area contributed by atoms with Gasteiger partial charge in [-0.1, -0.05) is 168 Å². The van der Waals surface area contributed by atoms with Crippen LogP contribution in [0.5, 0.6) is 0 Å². The van der Waals surface area contributed by atoms with E-state index in [1.807, 2.05) is 0 Å². The van der Waals surface area contributed by atoms with Crippen LogP contribution in [0.2, 0.25) is 0 Å². The molecule has 0 aromatic heterocycles. The molecule has 0 bridgehead atoms. The third kappa shape index (κ3) is 27.3. The summed E-state index contributed by atoms with van der Waals surface area (Å²) in [5.74, 6) is 0.0829. The Labute approximate surface area is 251 Å². The van der Waals surface area contributed by atoms with E-state index in [1.54, 1.807) is 4.90 Å². The SMILES string of the molecule is CCCCCCCCCCCCCCCC(=O)N(CCCCN)C(=O)CCCCCCCCCCCCCCC. The summed E-state index contributed by atoms with van der Waals surface area (Å²) in [6.07, 6.45) is 36.5. The normalized spacial score (nSPS) is 11.3. The molecule has 0 atom stereocenters. The van der Waals surface area contributed by atoms with E-state index in [-0.39, 0.29) is 11.8 Å². The Morgan fingerprint density at radius 3 is 0.950 bits per heavy atom. The van der Waals surface area contributed by atoms with Gasteiger partial charge in [-0.05, 0) is 32.2 Å². The Morgan fingerprint density at radius 2 is 0.675 bits per heavy atom. The van der Waals surface area contributed by atoms with E-state index in [0.717, 1.165) is 38.5 Å². The van der Waals surface area contributed by atoms with Gasteiger partial charge in [-0.25, -0.2) is 0 Å². The second kappa shape index (κ2) is 32.6.